The van der Waals surface area contributed by atoms with E-state index in [-0.39, 0.29) is 0 Å². The monoisotopic (exact) mass is 344 g/mol. The van der Waals surface area contributed by atoms with Crippen molar-refractivity contribution in [3.63, 3.8) is 0 Å². The van der Waals surface area contributed by atoms with Crippen LogP contribution in [0.3, 0.4) is 0 Å². The van der Waals surface area contributed by atoms with Crippen LogP contribution in [0.25, 0.3) is 17.1 Å². The molecule has 0 saturated heterocycles. The van der Waals surface area contributed by atoms with Gasteiger partial charge in [0.05, 0.1) is 17.6 Å². The molecule has 0 atom stereocenters. The van der Waals surface area contributed by atoms with Crippen molar-refractivity contribution < 1.29 is 4.42 Å². The highest BCUT2D eigenvalue weighted by Gasteiger charge is 2.10. The van der Waals surface area contributed by atoms with E-state index < -0.39 is 0 Å². The van der Waals surface area contributed by atoms with E-state index in [1.54, 1.807) is 6.26 Å². The molecule has 0 aliphatic rings. The highest BCUT2D eigenvalue weighted by atomic mass is 16.3. The molecule has 0 N–H and O–H groups in total. The minimum Gasteiger partial charge on any atom is -0.444 e. The highest BCUT2D eigenvalue weighted by molar-refractivity contribution is 5.52. The Bertz CT molecular complexity index is 880. The Morgan fingerprint density at radius 2 is 1.69 bits per heavy atom. The van der Waals surface area contributed by atoms with Gasteiger partial charge in [-0.2, -0.15) is 5.10 Å². The van der Waals surface area contributed by atoms with Crippen LogP contribution in [0.4, 0.5) is 0 Å². The fourth-order valence-electron chi connectivity index (χ4n) is 2.90. The molecule has 0 amide bonds. The van der Waals surface area contributed by atoms with E-state index in [9.17, 15) is 0 Å². The van der Waals surface area contributed by atoms with Crippen LogP contribution in [0.5, 0.6) is 0 Å². The highest BCUT2D eigenvalue weighted by Crippen LogP contribution is 2.19. The molecule has 0 unspecified atom stereocenters. The second-order valence-electron chi connectivity index (χ2n) is 6.31. The maximum atomic E-state index is 5.61. The topological polar surface area (TPSA) is 47.1 Å². The smallest absolute Gasteiger partial charge is 0.226 e. The number of aromatic nitrogens is 3. The normalized spacial score (nSPS) is 11.2. The predicted octanol–water partition coefficient (Wildman–Crippen LogP) is 4.16. The first kappa shape index (κ1) is 16.3. The number of hydrogen-bond donors (Lipinski definition) is 0. The molecular formula is C21H20N4O. The summed E-state index contributed by atoms with van der Waals surface area (Å²) in [5, 5.41) is 4.45. The molecule has 0 aliphatic heterocycles. The van der Waals surface area contributed by atoms with Crippen molar-refractivity contribution in [1.29, 1.82) is 0 Å². The molecule has 130 valence electrons. The Hall–Kier alpha value is -3.18. The van der Waals surface area contributed by atoms with Crippen molar-refractivity contribution in [2.45, 2.75) is 13.1 Å². The molecule has 4 aromatic rings. The fourth-order valence-corrected chi connectivity index (χ4v) is 2.90. The van der Waals surface area contributed by atoms with Crippen LogP contribution in [0.2, 0.25) is 0 Å². The van der Waals surface area contributed by atoms with Crippen molar-refractivity contribution in [2.24, 2.45) is 0 Å². The van der Waals surface area contributed by atoms with Crippen molar-refractivity contribution in [2.75, 3.05) is 7.05 Å². The molecule has 2 aromatic heterocycles. The van der Waals surface area contributed by atoms with Crippen LogP contribution >= 0.6 is 0 Å². The van der Waals surface area contributed by atoms with Gasteiger partial charge in [0.2, 0.25) is 5.89 Å². The number of para-hydroxylation sites is 1. The summed E-state index contributed by atoms with van der Waals surface area (Å²) < 4.78 is 7.51. The molecule has 4 rings (SSSR count). The second-order valence-corrected chi connectivity index (χ2v) is 6.31. The Morgan fingerprint density at radius 1 is 0.962 bits per heavy atom. The van der Waals surface area contributed by atoms with Gasteiger partial charge in [-0.1, -0.05) is 36.4 Å². The zero-order valence-electron chi connectivity index (χ0n) is 14.6. The van der Waals surface area contributed by atoms with Gasteiger partial charge in [-0.05, 0) is 31.3 Å². The lowest BCUT2D eigenvalue weighted by Gasteiger charge is -2.13. The molecule has 5 nitrogen and oxygen atoms in total. The number of oxazole rings is 1. The Balaban J connectivity index is 1.40. The molecule has 0 bridgehead atoms. The first-order valence-electron chi connectivity index (χ1n) is 8.55. The zero-order chi connectivity index (χ0) is 17.8. The molecule has 0 saturated carbocycles. The largest absolute Gasteiger partial charge is 0.444 e. The molecule has 2 heterocycles. The average molecular weight is 344 g/mol. The maximum absolute atomic E-state index is 5.61. The summed E-state index contributed by atoms with van der Waals surface area (Å²) in [6.07, 6.45) is 5.69. The van der Waals surface area contributed by atoms with Gasteiger partial charge in [-0.3, -0.25) is 4.90 Å². The van der Waals surface area contributed by atoms with Gasteiger partial charge in [0.15, 0.2) is 0 Å². The van der Waals surface area contributed by atoms with Crippen LogP contribution in [0, 0.1) is 0 Å². The summed E-state index contributed by atoms with van der Waals surface area (Å²) in [7, 11) is 2.07. The van der Waals surface area contributed by atoms with Gasteiger partial charge in [-0.15, -0.1) is 0 Å². The Kier molecular flexibility index (Phi) is 4.62. The standard InChI is InChI=1S/C21H20N4O/c1-24(13-17-12-22-25(14-17)20-10-6-3-7-11-20)15-19-16-26-21(23-19)18-8-4-2-5-9-18/h2-12,14,16H,13,15H2,1H3. The van der Waals surface area contributed by atoms with E-state index >= 15 is 0 Å². The van der Waals surface area contributed by atoms with Crippen LogP contribution < -0.4 is 0 Å². The minimum atomic E-state index is 0.658. The summed E-state index contributed by atoms with van der Waals surface area (Å²) in [5.41, 5.74) is 4.13. The summed E-state index contributed by atoms with van der Waals surface area (Å²) in [5.74, 6) is 0.658. The number of rotatable bonds is 6. The SMILES string of the molecule is CN(Cc1cnn(-c2ccccc2)c1)Cc1coc(-c2ccccc2)n1. The third-order valence-corrected chi connectivity index (χ3v) is 4.11. The van der Waals surface area contributed by atoms with Gasteiger partial charge in [0.25, 0.3) is 0 Å². The molecule has 26 heavy (non-hydrogen) atoms. The molecule has 0 aliphatic carbocycles. The Morgan fingerprint density at radius 3 is 2.46 bits per heavy atom. The maximum Gasteiger partial charge on any atom is 0.226 e. The summed E-state index contributed by atoms with van der Waals surface area (Å²) in [4.78, 5) is 6.78. The van der Waals surface area contributed by atoms with Crippen LogP contribution in [0.1, 0.15) is 11.3 Å². The number of nitrogens with zero attached hydrogens (tertiary/aromatic N) is 4. The minimum absolute atomic E-state index is 0.658. The van der Waals surface area contributed by atoms with E-state index in [4.69, 9.17) is 4.42 Å². The van der Waals surface area contributed by atoms with Crippen molar-refractivity contribution in [1.82, 2.24) is 19.7 Å². The van der Waals surface area contributed by atoms with Crippen molar-refractivity contribution in [3.8, 4) is 17.1 Å². The van der Waals surface area contributed by atoms with E-state index in [1.807, 2.05) is 71.5 Å². The van der Waals surface area contributed by atoms with Gasteiger partial charge >= 0.3 is 0 Å². The van der Waals surface area contributed by atoms with E-state index in [2.05, 4.69) is 28.2 Å². The van der Waals surface area contributed by atoms with E-state index in [1.165, 1.54) is 0 Å². The van der Waals surface area contributed by atoms with Crippen LogP contribution in [-0.4, -0.2) is 26.7 Å². The number of benzene rings is 2. The first-order chi connectivity index (χ1) is 12.8. The quantitative estimate of drug-likeness (QED) is 0.527. The van der Waals surface area contributed by atoms with Gasteiger partial charge < -0.3 is 4.42 Å². The van der Waals surface area contributed by atoms with Crippen molar-refractivity contribution in [3.05, 3.63) is 90.6 Å². The van der Waals surface area contributed by atoms with E-state index in [0.29, 0.717) is 12.4 Å². The van der Waals surface area contributed by atoms with Gasteiger partial charge in [-0.25, -0.2) is 9.67 Å². The zero-order valence-corrected chi connectivity index (χ0v) is 14.6. The van der Waals surface area contributed by atoms with Gasteiger partial charge in [0, 0.05) is 30.4 Å². The molecule has 5 heteroatoms. The molecule has 2 aromatic carbocycles. The summed E-state index contributed by atoms with van der Waals surface area (Å²) in [6, 6.07) is 20.1. The second kappa shape index (κ2) is 7.37. The molecular weight excluding hydrogens is 324 g/mol. The summed E-state index contributed by atoms with van der Waals surface area (Å²) in [6.45, 7) is 1.51. The van der Waals surface area contributed by atoms with Crippen LogP contribution in [-0.2, 0) is 13.1 Å². The van der Waals surface area contributed by atoms with Crippen LogP contribution in [0.15, 0.2) is 83.7 Å². The molecule has 0 radical (unpaired) electrons. The third kappa shape index (κ3) is 3.73. The first-order valence-corrected chi connectivity index (χ1v) is 8.55. The lowest BCUT2D eigenvalue weighted by Crippen LogP contribution is -2.17. The third-order valence-electron chi connectivity index (χ3n) is 4.11. The lowest BCUT2D eigenvalue weighted by atomic mass is 10.2. The van der Waals surface area contributed by atoms with E-state index in [0.717, 1.165) is 29.1 Å². The average Bonchev–Trinajstić information content (AvgIpc) is 3.33. The Labute approximate surface area is 152 Å². The summed E-state index contributed by atoms with van der Waals surface area (Å²) >= 11 is 0. The predicted molar refractivity (Wildman–Crippen MR) is 101 cm³/mol. The number of hydrogen-bond acceptors (Lipinski definition) is 4. The molecule has 0 spiro atoms. The molecule has 0 fully saturated rings. The lowest BCUT2D eigenvalue weighted by molar-refractivity contribution is 0.314. The van der Waals surface area contributed by atoms with Crippen molar-refractivity contribution >= 4 is 0 Å². The van der Waals surface area contributed by atoms with Gasteiger partial charge in [0.1, 0.15) is 6.26 Å². The fraction of sp³-hybridized carbons (Fsp3) is 0.143.